The standard InChI is InChI=1S/C21H23F3N4O3/c1-14(15-9-7-10-17(12-15)21(22,23)24)26-31-13-16-8-5-6-11-18(16)19(27-29-3)20(25-2)28-30-4/h5-12H,13H2,1-4H3,(H,25,28). The van der Waals surface area contributed by atoms with Gasteiger partial charge in [0.15, 0.2) is 11.5 Å². The van der Waals surface area contributed by atoms with Gasteiger partial charge in [0.05, 0.1) is 11.3 Å². The summed E-state index contributed by atoms with van der Waals surface area (Å²) in [6, 6.07) is 12.1. The summed E-state index contributed by atoms with van der Waals surface area (Å²) in [5, 5.41) is 14.8. The number of hydrogen-bond acceptors (Lipinski definition) is 6. The molecule has 166 valence electrons. The molecule has 0 radical (unpaired) electrons. The zero-order valence-corrected chi connectivity index (χ0v) is 17.5. The quantitative estimate of drug-likeness (QED) is 0.383. The summed E-state index contributed by atoms with van der Waals surface area (Å²) in [6.45, 7) is 1.61. The van der Waals surface area contributed by atoms with Gasteiger partial charge in [0.25, 0.3) is 0 Å². The molecule has 31 heavy (non-hydrogen) atoms. The van der Waals surface area contributed by atoms with E-state index in [4.69, 9.17) is 14.5 Å². The third-order valence-corrected chi connectivity index (χ3v) is 4.13. The largest absolute Gasteiger partial charge is 0.416 e. The van der Waals surface area contributed by atoms with E-state index in [0.29, 0.717) is 33.9 Å². The minimum atomic E-state index is -4.43. The lowest BCUT2D eigenvalue weighted by molar-refractivity contribution is -0.137. The lowest BCUT2D eigenvalue weighted by Gasteiger charge is -2.12. The van der Waals surface area contributed by atoms with Crippen LogP contribution in [0.3, 0.4) is 0 Å². The number of nitrogens with one attached hydrogen (secondary N) is 1. The SMILES string of the molecule is CNC(=NOC)C(=NOC)c1ccccc1CON=C(C)c1cccc(C(F)(F)F)c1. The van der Waals surface area contributed by atoms with Crippen LogP contribution in [0.4, 0.5) is 13.2 Å². The molecule has 0 saturated carbocycles. The Bertz CT molecular complexity index is 972. The molecule has 0 unspecified atom stereocenters. The number of likely N-dealkylation sites (N-methyl/N-ethyl adjacent to an activating group) is 1. The van der Waals surface area contributed by atoms with E-state index in [1.165, 1.54) is 26.4 Å². The van der Waals surface area contributed by atoms with E-state index in [9.17, 15) is 13.2 Å². The van der Waals surface area contributed by atoms with E-state index in [1.54, 1.807) is 32.2 Å². The lowest BCUT2D eigenvalue weighted by Crippen LogP contribution is -2.30. The van der Waals surface area contributed by atoms with Gasteiger partial charge in [0, 0.05) is 18.2 Å². The van der Waals surface area contributed by atoms with Crippen molar-refractivity contribution in [3.8, 4) is 0 Å². The molecule has 2 rings (SSSR count). The van der Waals surface area contributed by atoms with Gasteiger partial charge in [-0.1, -0.05) is 51.9 Å². The Balaban J connectivity index is 2.25. The molecule has 1 N–H and O–H groups in total. The van der Waals surface area contributed by atoms with Crippen LogP contribution in [-0.4, -0.2) is 38.5 Å². The Morgan fingerprint density at radius 3 is 2.32 bits per heavy atom. The summed E-state index contributed by atoms with van der Waals surface area (Å²) >= 11 is 0. The van der Waals surface area contributed by atoms with Gasteiger partial charge >= 0.3 is 6.18 Å². The lowest BCUT2D eigenvalue weighted by atomic mass is 10.0. The van der Waals surface area contributed by atoms with Gasteiger partial charge < -0.3 is 19.8 Å². The van der Waals surface area contributed by atoms with Crippen molar-refractivity contribution >= 4 is 17.3 Å². The topological polar surface area (TPSA) is 76.8 Å². The molecule has 0 spiro atoms. The van der Waals surface area contributed by atoms with Crippen LogP contribution in [0.15, 0.2) is 64.0 Å². The van der Waals surface area contributed by atoms with Crippen LogP contribution in [0.1, 0.15) is 29.2 Å². The molecule has 0 atom stereocenters. The zero-order chi connectivity index (χ0) is 22.9. The fraction of sp³-hybridized carbons (Fsp3) is 0.286. The van der Waals surface area contributed by atoms with Crippen molar-refractivity contribution in [2.24, 2.45) is 15.5 Å². The fourth-order valence-corrected chi connectivity index (χ4v) is 2.66. The highest BCUT2D eigenvalue weighted by atomic mass is 19.4. The highest BCUT2D eigenvalue weighted by molar-refractivity contribution is 6.47. The molecule has 0 bridgehead atoms. The van der Waals surface area contributed by atoms with E-state index < -0.39 is 11.7 Å². The smallest absolute Gasteiger partial charge is 0.399 e. The molecule has 2 aromatic rings. The monoisotopic (exact) mass is 436 g/mol. The number of halogens is 3. The Morgan fingerprint density at radius 2 is 1.68 bits per heavy atom. The molecular weight excluding hydrogens is 413 g/mol. The molecule has 0 fully saturated rings. The van der Waals surface area contributed by atoms with Crippen LogP contribution in [0.2, 0.25) is 0 Å². The van der Waals surface area contributed by atoms with Gasteiger partial charge in [0.1, 0.15) is 20.8 Å². The first kappa shape index (κ1) is 23.7. The Kier molecular flexibility index (Phi) is 8.42. The van der Waals surface area contributed by atoms with Crippen LogP contribution in [0.5, 0.6) is 0 Å². The first-order valence-electron chi connectivity index (χ1n) is 9.14. The van der Waals surface area contributed by atoms with Crippen LogP contribution in [0, 0.1) is 0 Å². The van der Waals surface area contributed by atoms with E-state index in [1.807, 2.05) is 6.07 Å². The van der Waals surface area contributed by atoms with Crippen molar-refractivity contribution in [1.82, 2.24) is 5.32 Å². The molecule has 2 aromatic carbocycles. The highest BCUT2D eigenvalue weighted by Crippen LogP contribution is 2.29. The summed E-state index contributed by atoms with van der Waals surface area (Å²) < 4.78 is 38.8. The maximum absolute atomic E-state index is 12.9. The molecule has 0 aliphatic rings. The summed E-state index contributed by atoms with van der Waals surface area (Å²) in [5.41, 5.74) is 1.62. The molecule has 0 aromatic heterocycles. The third-order valence-electron chi connectivity index (χ3n) is 4.13. The Labute approximate surface area is 178 Å². The first-order chi connectivity index (χ1) is 14.8. The van der Waals surface area contributed by atoms with Gasteiger partial charge in [-0.3, -0.25) is 0 Å². The number of rotatable bonds is 8. The van der Waals surface area contributed by atoms with Crippen molar-refractivity contribution in [2.45, 2.75) is 19.7 Å². The second-order valence-electron chi connectivity index (χ2n) is 6.18. The van der Waals surface area contributed by atoms with Gasteiger partial charge in [-0.05, 0) is 24.6 Å². The van der Waals surface area contributed by atoms with Crippen LogP contribution in [-0.2, 0) is 27.3 Å². The third kappa shape index (κ3) is 6.46. The number of hydrogen-bond donors (Lipinski definition) is 1. The fourth-order valence-electron chi connectivity index (χ4n) is 2.66. The van der Waals surface area contributed by atoms with Crippen LogP contribution >= 0.6 is 0 Å². The number of benzene rings is 2. The summed E-state index contributed by atoms with van der Waals surface area (Å²) in [5.74, 6) is 0.334. The second-order valence-corrected chi connectivity index (χ2v) is 6.18. The number of nitrogens with zero attached hydrogens (tertiary/aromatic N) is 3. The molecular formula is C21H23F3N4O3. The number of amidine groups is 1. The molecule has 10 heteroatoms. The second kappa shape index (κ2) is 11.0. The maximum Gasteiger partial charge on any atom is 0.416 e. The summed E-state index contributed by atoms with van der Waals surface area (Å²) in [7, 11) is 4.47. The van der Waals surface area contributed by atoms with Gasteiger partial charge in [-0.15, -0.1) is 0 Å². The minimum Gasteiger partial charge on any atom is -0.399 e. The summed E-state index contributed by atoms with van der Waals surface area (Å²) in [4.78, 5) is 15.2. The van der Waals surface area contributed by atoms with Gasteiger partial charge in [0.2, 0.25) is 0 Å². The minimum absolute atomic E-state index is 0.0409. The number of oxime groups is 3. The van der Waals surface area contributed by atoms with Crippen molar-refractivity contribution in [2.75, 3.05) is 21.3 Å². The molecule has 0 saturated heterocycles. The first-order valence-corrected chi connectivity index (χ1v) is 9.14. The molecule has 7 nitrogen and oxygen atoms in total. The molecule has 0 amide bonds. The predicted molar refractivity (Wildman–Crippen MR) is 112 cm³/mol. The molecule has 0 aliphatic carbocycles. The van der Waals surface area contributed by atoms with E-state index in [0.717, 1.165) is 12.1 Å². The Morgan fingerprint density at radius 1 is 0.968 bits per heavy atom. The number of alkyl halides is 3. The van der Waals surface area contributed by atoms with Crippen molar-refractivity contribution in [3.05, 3.63) is 70.8 Å². The Hall–Kier alpha value is -3.56. The molecule has 0 aliphatic heterocycles. The highest BCUT2D eigenvalue weighted by Gasteiger charge is 2.30. The van der Waals surface area contributed by atoms with Crippen molar-refractivity contribution in [3.63, 3.8) is 0 Å². The van der Waals surface area contributed by atoms with Crippen molar-refractivity contribution < 1.29 is 27.7 Å². The maximum atomic E-state index is 12.9. The van der Waals surface area contributed by atoms with Crippen LogP contribution in [0.25, 0.3) is 0 Å². The zero-order valence-electron chi connectivity index (χ0n) is 17.5. The average molecular weight is 436 g/mol. The summed E-state index contributed by atoms with van der Waals surface area (Å²) in [6.07, 6.45) is -4.43. The van der Waals surface area contributed by atoms with Crippen LogP contribution < -0.4 is 5.32 Å². The van der Waals surface area contributed by atoms with E-state index >= 15 is 0 Å². The normalized spacial score (nSPS) is 13.1. The van der Waals surface area contributed by atoms with E-state index in [-0.39, 0.29) is 6.61 Å². The molecule has 0 heterocycles. The average Bonchev–Trinajstić information content (AvgIpc) is 2.76. The van der Waals surface area contributed by atoms with E-state index in [2.05, 4.69) is 20.8 Å². The van der Waals surface area contributed by atoms with Crippen molar-refractivity contribution in [1.29, 1.82) is 0 Å². The van der Waals surface area contributed by atoms with Gasteiger partial charge in [-0.25, -0.2) is 0 Å². The van der Waals surface area contributed by atoms with Gasteiger partial charge in [-0.2, -0.15) is 13.2 Å². The predicted octanol–water partition coefficient (Wildman–Crippen LogP) is 4.18.